The van der Waals surface area contributed by atoms with E-state index in [4.69, 9.17) is 9.47 Å². The van der Waals surface area contributed by atoms with Crippen molar-refractivity contribution in [2.24, 2.45) is 0 Å². The zero-order chi connectivity index (χ0) is 21.7. The Labute approximate surface area is 173 Å². The summed E-state index contributed by atoms with van der Waals surface area (Å²) in [5.74, 6) is -3.11. The third kappa shape index (κ3) is 5.65. The van der Waals surface area contributed by atoms with E-state index >= 15 is 0 Å². The first kappa shape index (κ1) is 21.5. The Balaban J connectivity index is 1.73. The fourth-order valence-electron chi connectivity index (χ4n) is 3.13. The molecular weight excluding hydrogens is 392 g/mol. The maximum Gasteiger partial charge on any atom is 0.377 e. The number of ether oxygens (including phenoxy) is 2. The van der Waals surface area contributed by atoms with Crippen molar-refractivity contribution >= 4 is 11.9 Å². The number of hydrogen-bond acceptors (Lipinski definition) is 4. The van der Waals surface area contributed by atoms with Crippen LogP contribution in [0.15, 0.2) is 60.4 Å². The van der Waals surface area contributed by atoms with Gasteiger partial charge in [-0.1, -0.05) is 30.3 Å². The van der Waals surface area contributed by atoms with E-state index in [2.05, 4.69) is 0 Å². The molecule has 1 saturated heterocycles. The molecule has 1 amide bonds. The van der Waals surface area contributed by atoms with E-state index in [1.165, 1.54) is 23.1 Å². The van der Waals surface area contributed by atoms with Crippen molar-refractivity contribution in [3.8, 4) is 0 Å². The predicted molar refractivity (Wildman–Crippen MR) is 106 cm³/mol. The fraction of sp³-hybridized carbons (Fsp3) is 0.304. The largest absolute Gasteiger partial charge is 0.445 e. The Bertz CT molecular complexity index is 954. The molecule has 0 radical (unpaired) electrons. The molecule has 1 aliphatic rings. The molecule has 30 heavy (non-hydrogen) atoms. The lowest BCUT2D eigenvalue weighted by Crippen LogP contribution is -2.31. The minimum Gasteiger partial charge on any atom is -0.445 e. The van der Waals surface area contributed by atoms with Gasteiger partial charge in [0.1, 0.15) is 11.6 Å². The van der Waals surface area contributed by atoms with Gasteiger partial charge in [-0.05, 0) is 42.2 Å². The third-order valence-electron chi connectivity index (χ3n) is 4.58. The molecule has 0 atom stereocenters. The molecule has 7 heteroatoms. The molecule has 1 fully saturated rings. The number of carbonyl (C=O) groups excluding carboxylic acids is 2. The zero-order valence-electron chi connectivity index (χ0n) is 16.9. The normalized spacial score (nSPS) is 16.3. The van der Waals surface area contributed by atoms with Gasteiger partial charge in [-0.15, -0.1) is 0 Å². The SMILES string of the molecule is CC1(C)OC(=O)C(=CC(=O)N(CCCc2ccccc2F)Cc2ccc(F)cc2)O1. The second-order valence-corrected chi connectivity index (χ2v) is 7.48. The highest BCUT2D eigenvalue weighted by Gasteiger charge is 2.38. The molecule has 2 aromatic rings. The monoisotopic (exact) mass is 415 g/mol. The molecule has 3 rings (SSSR count). The van der Waals surface area contributed by atoms with Gasteiger partial charge < -0.3 is 14.4 Å². The molecule has 1 heterocycles. The van der Waals surface area contributed by atoms with Crippen molar-refractivity contribution in [1.29, 1.82) is 0 Å². The lowest BCUT2D eigenvalue weighted by molar-refractivity contribution is -0.159. The zero-order valence-corrected chi connectivity index (χ0v) is 16.9. The number of rotatable bonds is 7. The number of hydrogen-bond donors (Lipinski definition) is 0. The van der Waals surface area contributed by atoms with Gasteiger partial charge in [0.2, 0.25) is 11.5 Å². The highest BCUT2D eigenvalue weighted by Crippen LogP contribution is 2.26. The Morgan fingerprint density at radius 2 is 1.77 bits per heavy atom. The Kier molecular flexibility index (Phi) is 6.50. The first-order chi connectivity index (χ1) is 14.2. The van der Waals surface area contributed by atoms with Crippen molar-refractivity contribution in [2.45, 2.75) is 39.0 Å². The maximum absolute atomic E-state index is 13.9. The van der Waals surface area contributed by atoms with E-state index in [0.717, 1.165) is 11.6 Å². The lowest BCUT2D eigenvalue weighted by Gasteiger charge is -2.22. The maximum atomic E-state index is 13.9. The van der Waals surface area contributed by atoms with Gasteiger partial charge in [0.15, 0.2) is 0 Å². The van der Waals surface area contributed by atoms with Crippen LogP contribution in [0.5, 0.6) is 0 Å². The molecule has 2 aromatic carbocycles. The van der Waals surface area contributed by atoms with Crippen molar-refractivity contribution < 1.29 is 27.8 Å². The molecule has 0 N–H and O–H groups in total. The summed E-state index contributed by atoms with van der Waals surface area (Å²) in [5.41, 5.74) is 1.29. The number of amides is 1. The molecular formula is C23H23F2NO4. The molecule has 0 aromatic heterocycles. The van der Waals surface area contributed by atoms with Crippen LogP contribution in [-0.2, 0) is 32.0 Å². The number of nitrogens with zero attached hydrogens (tertiary/aromatic N) is 1. The van der Waals surface area contributed by atoms with Crippen molar-refractivity contribution in [1.82, 2.24) is 4.90 Å². The van der Waals surface area contributed by atoms with Crippen LogP contribution in [0.2, 0.25) is 0 Å². The van der Waals surface area contributed by atoms with Gasteiger partial charge in [-0.25, -0.2) is 13.6 Å². The summed E-state index contributed by atoms with van der Waals surface area (Å²) in [4.78, 5) is 26.3. The van der Waals surface area contributed by atoms with E-state index in [9.17, 15) is 18.4 Å². The van der Waals surface area contributed by atoms with E-state index in [-0.39, 0.29) is 23.9 Å². The van der Waals surface area contributed by atoms with Gasteiger partial charge >= 0.3 is 5.97 Å². The minimum atomic E-state index is -1.13. The van der Waals surface area contributed by atoms with Crippen molar-refractivity contribution in [3.05, 3.63) is 83.1 Å². The molecule has 158 valence electrons. The van der Waals surface area contributed by atoms with E-state index in [1.54, 1.807) is 44.2 Å². The first-order valence-electron chi connectivity index (χ1n) is 9.64. The van der Waals surface area contributed by atoms with Crippen LogP contribution >= 0.6 is 0 Å². The minimum absolute atomic E-state index is 0.164. The van der Waals surface area contributed by atoms with Crippen LogP contribution in [0, 0.1) is 11.6 Å². The number of benzene rings is 2. The molecule has 1 aliphatic heterocycles. The molecule has 0 spiro atoms. The average molecular weight is 415 g/mol. The summed E-state index contributed by atoms with van der Waals surface area (Å²) in [7, 11) is 0. The molecule has 0 unspecified atom stereocenters. The number of halogens is 2. The van der Waals surface area contributed by atoms with Crippen LogP contribution in [-0.4, -0.2) is 29.1 Å². The van der Waals surface area contributed by atoms with Crippen LogP contribution in [0.3, 0.4) is 0 Å². The third-order valence-corrected chi connectivity index (χ3v) is 4.58. The number of esters is 1. The number of cyclic esters (lactones) is 1. The van der Waals surface area contributed by atoms with Gasteiger partial charge in [0, 0.05) is 26.9 Å². The van der Waals surface area contributed by atoms with E-state index < -0.39 is 17.7 Å². The van der Waals surface area contributed by atoms with Gasteiger partial charge in [0.25, 0.3) is 5.91 Å². The van der Waals surface area contributed by atoms with Gasteiger partial charge in [-0.2, -0.15) is 0 Å². The lowest BCUT2D eigenvalue weighted by atomic mass is 10.1. The molecule has 0 aliphatic carbocycles. The Morgan fingerprint density at radius 3 is 2.40 bits per heavy atom. The second-order valence-electron chi connectivity index (χ2n) is 7.48. The van der Waals surface area contributed by atoms with E-state index in [1.807, 2.05) is 0 Å². The summed E-state index contributed by atoms with van der Waals surface area (Å²) in [6.45, 7) is 3.66. The van der Waals surface area contributed by atoms with E-state index in [0.29, 0.717) is 24.9 Å². The molecule has 0 bridgehead atoms. The summed E-state index contributed by atoms with van der Waals surface area (Å²) in [6, 6.07) is 12.3. The summed E-state index contributed by atoms with van der Waals surface area (Å²) >= 11 is 0. The highest BCUT2D eigenvalue weighted by molar-refractivity contribution is 5.98. The second kappa shape index (κ2) is 9.07. The van der Waals surface area contributed by atoms with Crippen LogP contribution in [0.4, 0.5) is 8.78 Å². The predicted octanol–water partition coefficient (Wildman–Crippen LogP) is 4.12. The number of aryl methyl sites for hydroxylation is 1. The number of carbonyl (C=O) groups is 2. The average Bonchev–Trinajstić information content (AvgIpc) is 2.95. The molecule has 5 nitrogen and oxygen atoms in total. The van der Waals surface area contributed by atoms with Gasteiger partial charge in [0.05, 0.1) is 6.08 Å². The highest BCUT2D eigenvalue weighted by atomic mass is 19.1. The quantitative estimate of drug-likeness (QED) is 0.504. The van der Waals surface area contributed by atoms with Crippen molar-refractivity contribution in [2.75, 3.05) is 6.54 Å². The summed E-state index contributed by atoms with van der Waals surface area (Å²) in [5, 5.41) is 0. The standard InChI is InChI=1S/C23H23F2NO4/c1-23(2)29-20(22(28)30-23)14-21(27)26(15-16-9-11-18(24)12-10-16)13-5-7-17-6-3-4-8-19(17)25/h3-4,6,8-12,14H,5,7,13,15H2,1-2H3. The van der Waals surface area contributed by atoms with Crippen LogP contribution < -0.4 is 0 Å². The molecule has 0 saturated carbocycles. The summed E-state index contributed by atoms with van der Waals surface area (Å²) in [6.07, 6.45) is 2.06. The smallest absolute Gasteiger partial charge is 0.377 e. The summed E-state index contributed by atoms with van der Waals surface area (Å²) < 4.78 is 37.5. The van der Waals surface area contributed by atoms with Crippen molar-refractivity contribution in [3.63, 3.8) is 0 Å². The Hall–Kier alpha value is -3.22. The first-order valence-corrected chi connectivity index (χ1v) is 9.64. The van der Waals surface area contributed by atoms with Crippen LogP contribution in [0.1, 0.15) is 31.4 Å². The van der Waals surface area contributed by atoms with Gasteiger partial charge in [-0.3, -0.25) is 4.79 Å². The Morgan fingerprint density at radius 1 is 1.07 bits per heavy atom. The fourth-order valence-corrected chi connectivity index (χ4v) is 3.13. The topological polar surface area (TPSA) is 55.8 Å². The van der Waals surface area contributed by atoms with Crippen LogP contribution in [0.25, 0.3) is 0 Å².